The minimum atomic E-state index is -0.165. The Hall–Kier alpha value is -2.69. The minimum Gasteiger partial charge on any atom is -0.354 e. The van der Waals surface area contributed by atoms with Crippen LogP contribution in [0.3, 0.4) is 0 Å². The Labute approximate surface area is 122 Å². The third-order valence-corrected chi connectivity index (χ3v) is 3.40. The number of rotatable bonds is 3. The van der Waals surface area contributed by atoms with Gasteiger partial charge in [-0.15, -0.1) is 0 Å². The van der Waals surface area contributed by atoms with Crippen molar-refractivity contribution in [2.75, 3.05) is 7.05 Å². The molecule has 0 fully saturated rings. The molecule has 0 spiro atoms. The highest BCUT2D eigenvalue weighted by molar-refractivity contribution is 5.92. The lowest BCUT2D eigenvalue weighted by Gasteiger charge is -2.07. The maximum atomic E-state index is 11.8. The third kappa shape index (κ3) is 2.63. The van der Waals surface area contributed by atoms with Crippen LogP contribution < -0.4 is 5.32 Å². The average Bonchev–Trinajstić information content (AvgIpc) is 2.95. The van der Waals surface area contributed by atoms with E-state index in [2.05, 4.69) is 20.3 Å². The predicted molar refractivity (Wildman–Crippen MR) is 81.3 cm³/mol. The van der Waals surface area contributed by atoms with Crippen molar-refractivity contribution in [2.45, 2.75) is 13.3 Å². The van der Waals surface area contributed by atoms with E-state index in [9.17, 15) is 4.79 Å². The van der Waals surface area contributed by atoms with Crippen molar-refractivity contribution in [1.82, 2.24) is 20.3 Å². The number of amides is 1. The van der Waals surface area contributed by atoms with Crippen molar-refractivity contribution in [3.63, 3.8) is 0 Å². The van der Waals surface area contributed by atoms with E-state index in [0.717, 1.165) is 27.9 Å². The molecule has 0 unspecified atom stereocenters. The SMILES string of the molecule is CNC(=O)c1cc(C)cc(Cc2ccnc3[nH]ccc23)n1. The van der Waals surface area contributed by atoms with Gasteiger partial charge in [-0.2, -0.15) is 0 Å². The second-order valence-electron chi connectivity index (χ2n) is 4.99. The highest BCUT2D eigenvalue weighted by Gasteiger charge is 2.10. The van der Waals surface area contributed by atoms with Gasteiger partial charge in [0.25, 0.3) is 5.91 Å². The monoisotopic (exact) mass is 280 g/mol. The Balaban J connectivity index is 2.00. The molecule has 0 radical (unpaired) electrons. The van der Waals surface area contributed by atoms with Gasteiger partial charge >= 0.3 is 0 Å². The molecule has 0 saturated carbocycles. The van der Waals surface area contributed by atoms with Crippen LogP contribution in [0.4, 0.5) is 0 Å². The van der Waals surface area contributed by atoms with Crippen LogP contribution in [0.2, 0.25) is 0 Å². The second-order valence-corrected chi connectivity index (χ2v) is 4.99. The number of H-pyrrole nitrogens is 1. The zero-order valence-electron chi connectivity index (χ0n) is 12.0. The molecule has 3 heterocycles. The topological polar surface area (TPSA) is 70.7 Å². The van der Waals surface area contributed by atoms with E-state index in [1.807, 2.05) is 31.3 Å². The summed E-state index contributed by atoms with van der Waals surface area (Å²) in [6.07, 6.45) is 4.33. The molecular weight excluding hydrogens is 264 g/mol. The fourth-order valence-electron chi connectivity index (χ4n) is 2.44. The van der Waals surface area contributed by atoms with Gasteiger partial charge in [0.2, 0.25) is 0 Å². The molecule has 106 valence electrons. The number of fused-ring (bicyclic) bond motifs is 1. The van der Waals surface area contributed by atoms with Gasteiger partial charge in [0.1, 0.15) is 11.3 Å². The van der Waals surface area contributed by atoms with Crippen molar-refractivity contribution >= 4 is 16.9 Å². The van der Waals surface area contributed by atoms with Crippen LogP contribution in [0.15, 0.2) is 36.7 Å². The van der Waals surface area contributed by atoms with Gasteiger partial charge in [-0.1, -0.05) is 0 Å². The van der Waals surface area contributed by atoms with Gasteiger partial charge in [0.05, 0.1) is 0 Å². The van der Waals surface area contributed by atoms with Crippen LogP contribution in [0.25, 0.3) is 11.0 Å². The third-order valence-electron chi connectivity index (χ3n) is 3.40. The quantitative estimate of drug-likeness (QED) is 0.772. The van der Waals surface area contributed by atoms with Gasteiger partial charge in [-0.05, 0) is 42.3 Å². The molecule has 0 atom stereocenters. The number of carbonyl (C=O) groups excluding carboxylic acids is 1. The van der Waals surface area contributed by atoms with Crippen LogP contribution in [0.1, 0.15) is 27.3 Å². The van der Waals surface area contributed by atoms with Crippen LogP contribution in [-0.4, -0.2) is 27.9 Å². The summed E-state index contributed by atoms with van der Waals surface area (Å²) >= 11 is 0. The average molecular weight is 280 g/mol. The minimum absolute atomic E-state index is 0.165. The maximum absolute atomic E-state index is 11.8. The molecule has 0 aliphatic heterocycles. The highest BCUT2D eigenvalue weighted by atomic mass is 16.1. The lowest BCUT2D eigenvalue weighted by Crippen LogP contribution is -2.20. The summed E-state index contributed by atoms with van der Waals surface area (Å²) in [7, 11) is 1.61. The Morgan fingerprint density at radius 3 is 3.00 bits per heavy atom. The molecule has 0 saturated heterocycles. The lowest BCUT2D eigenvalue weighted by molar-refractivity contribution is 0.0958. The smallest absolute Gasteiger partial charge is 0.269 e. The highest BCUT2D eigenvalue weighted by Crippen LogP contribution is 2.18. The largest absolute Gasteiger partial charge is 0.354 e. The van der Waals surface area contributed by atoms with Crippen LogP contribution in [0.5, 0.6) is 0 Å². The molecule has 3 rings (SSSR count). The zero-order valence-corrected chi connectivity index (χ0v) is 12.0. The van der Waals surface area contributed by atoms with Crippen molar-refractivity contribution in [3.8, 4) is 0 Å². The summed E-state index contributed by atoms with van der Waals surface area (Å²) in [6.45, 7) is 1.97. The summed E-state index contributed by atoms with van der Waals surface area (Å²) in [5.74, 6) is -0.165. The first kappa shape index (κ1) is 13.3. The Morgan fingerprint density at radius 1 is 1.33 bits per heavy atom. The van der Waals surface area contributed by atoms with E-state index in [4.69, 9.17) is 0 Å². The number of carbonyl (C=O) groups is 1. The molecule has 3 aromatic rings. The molecule has 1 amide bonds. The van der Waals surface area contributed by atoms with Gasteiger partial charge in [0.15, 0.2) is 0 Å². The predicted octanol–water partition coefficient (Wildman–Crippen LogP) is 2.22. The first-order valence-electron chi connectivity index (χ1n) is 6.78. The Bertz CT molecular complexity index is 807. The van der Waals surface area contributed by atoms with Crippen molar-refractivity contribution < 1.29 is 4.79 Å². The first-order valence-corrected chi connectivity index (χ1v) is 6.78. The van der Waals surface area contributed by atoms with Gasteiger partial charge in [-0.25, -0.2) is 9.97 Å². The van der Waals surface area contributed by atoms with Crippen LogP contribution in [0, 0.1) is 6.92 Å². The number of aromatic amines is 1. The van der Waals surface area contributed by atoms with Gasteiger partial charge in [0, 0.05) is 36.9 Å². The first-order chi connectivity index (χ1) is 10.2. The second kappa shape index (κ2) is 5.36. The Kier molecular flexibility index (Phi) is 3.39. The van der Waals surface area contributed by atoms with Crippen LogP contribution >= 0.6 is 0 Å². The van der Waals surface area contributed by atoms with Gasteiger partial charge in [-0.3, -0.25) is 4.79 Å². The molecule has 3 aromatic heterocycles. The Morgan fingerprint density at radius 2 is 2.19 bits per heavy atom. The molecule has 0 aliphatic carbocycles. The fraction of sp³-hybridized carbons (Fsp3) is 0.188. The molecule has 21 heavy (non-hydrogen) atoms. The molecule has 0 aliphatic rings. The van der Waals surface area contributed by atoms with E-state index >= 15 is 0 Å². The van der Waals surface area contributed by atoms with E-state index < -0.39 is 0 Å². The summed E-state index contributed by atoms with van der Waals surface area (Å²) in [5, 5.41) is 3.69. The van der Waals surface area contributed by atoms with Crippen LogP contribution in [-0.2, 0) is 6.42 Å². The molecule has 2 N–H and O–H groups in total. The number of aromatic nitrogens is 3. The summed E-state index contributed by atoms with van der Waals surface area (Å²) in [6, 6.07) is 7.79. The van der Waals surface area contributed by atoms with E-state index in [-0.39, 0.29) is 5.91 Å². The summed E-state index contributed by atoms with van der Waals surface area (Å²) in [4.78, 5) is 23.6. The number of pyridine rings is 2. The number of hydrogen-bond donors (Lipinski definition) is 2. The van der Waals surface area contributed by atoms with E-state index in [1.165, 1.54) is 0 Å². The number of hydrogen-bond acceptors (Lipinski definition) is 3. The molecule has 5 heteroatoms. The van der Waals surface area contributed by atoms with Crippen molar-refractivity contribution in [1.29, 1.82) is 0 Å². The summed E-state index contributed by atoms with van der Waals surface area (Å²) < 4.78 is 0. The van der Waals surface area contributed by atoms with Gasteiger partial charge < -0.3 is 10.3 Å². The molecule has 0 bridgehead atoms. The van der Waals surface area contributed by atoms with Crippen molar-refractivity contribution in [2.24, 2.45) is 0 Å². The number of nitrogens with zero attached hydrogens (tertiary/aromatic N) is 2. The van der Waals surface area contributed by atoms with E-state index in [0.29, 0.717) is 12.1 Å². The summed E-state index contributed by atoms with van der Waals surface area (Å²) in [5.41, 5.74) is 4.36. The molecular formula is C16H16N4O. The van der Waals surface area contributed by atoms with E-state index in [1.54, 1.807) is 19.3 Å². The molecule has 0 aromatic carbocycles. The molecule has 5 nitrogen and oxygen atoms in total. The fourth-order valence-corrected chi connectivity index (χ4v) is 2.44. The zero-order chi connectivity index (χ0) is 14.8. The van der Waals surface area contributed by atoms with Crippen molar-refractivity contribution in [3.05, 3.63) is 59.2 Å². The number of aryl methyl sites for hydroxylation is 1. The maximum Gasteiger partial charge on any atom is 0.269 e. The normalized spacial score (nSPS) is 10.8. The lowest BCUT2D eigenvalue weighted by atomic mass is 10.1. The number of nitrogens with one attached hydrogen (secondary N) is 2. The standard InChI is InChI=1S/C16H16N4O/c1-10-7-12(20-14(8-10)16(21)17-2)9-11-3-5-18-15-13(11)4-6-19-15/h3-8H,9H2,1-2H3,(H,17,21)(H,18,19).